The number of methoxy groups -OCH3 is 1. The normalized spacial score (nSPS) is 10.9. The molecule has 0 aliphatic carbocycles. The Bertz CT molecular complexity index is 539. The van der Waals surface area contributed by atoms with E-state index in [1.165, 1.54) is 30.1 Å². The van der Waals surface area contributed by atoms with E-state index in [-0.39, 0.29) is 16.6 Å². The van der Waals surface area contributed by atoms with Crippen LogP contribution in [0.4, 0.5) is 4.39 Å². The molecule has 1 N–H and O–H groups in total. The van der Waals surface area contributed by atoms with Gasteiger partial charge in [-0.2, -0.15) is 5.10 Å². The summed E-state index contributed by atoms with van der Waals surface area (Å²) in [6.07, 6.45) is 0. The van der Waals surface area contributed by atoms with Crippen LogP contribution in [-0.4, -0.2) is 27.8 Å². The van der Waals surface area contributed by atoms with Crippen molar-refractivity contribution in [3.8, 4) is 0 Å². The Morgan fingerprint density at radius 2 is 2.30 bits per heavy atom. The van der Waals surface area contributed by atoms with Gasteiger partial charge in [0, 0.05) is 0 Å². The number of nitrogens with zero attached hydrogens (tertiary/aromatic N) is 2. The van der Waals surface area contributed by atoms with Crippen LogP contribution in [0.5, 0.6) is 0 Å². The van der Waals surface area contributed by atoms with Crippen molar-refractivity contribution in [2.45, 2.75) is 13.5 Å². The first-order chi connectivity index (χ1) is 9.43. The van der Waals surface area contributed by atoms with Crippen molar-refractivity contribution in [2.75, 3.05) is 7.11 Å². The Morgan fingerprint density at radius 1 is 1.60 bits per heavy atom. The molecule has 0 saturated carbocycles. The van der Waals surface area contributed by atoms with E-state index in [9.17, 15) is 9.18 Å². The Balaban J connectivity index is 2.57. The molecule has 0 amide bonds. The molecular weight excluding hydrogens is 349 g/mol. The van der Waals surface area contributed by atoms with Crippen LogP contribution < -0.4 is 5.43 Å². The molecule has 0 bridgehead atoms. The molecule has 1 rings (SSSR count). The fraction of sp³-hybridized carbons (Fsp3) is 0.250. The molecule has 5 nitrogen and oxygen atoms in total. The van der Waals surface area contributed by atoms with Crippen molar-refractivity contribution in [2.24, 2.45) is 5.10 Å². The van der Waals surface area contributed by atoms with Crippen LogP contribution in [-0.2, 0) is 16.1 Å². The zero-order valence-electron chi connectivity index (χ0n) is 10.9. The zero-order valence-corrected chi connectivity index (χ0v) is 13.3. The Kier molecular flexibility index (Phi) is 6.53. The largest absolute Gasteiger partial charge is 0.464 e. The summed E-state index contributed by atoms with van der Waals surface area (Å²) in [5, 5.41) is 4.01. The molecule has 0 unspecified atom stereocenters. The number of thiocarbonyl (C=S) groups is 1. The molecule has 1 aromatic carbocycles. The molecule has 0 atom stereocenters. The smallest absolute Gasteiger partial charge is 0.353 e. The number of nitrogens with one attached hydrogen (secondary N) is 1. The highest BCUT2D eigenvalue weighted by Crippen LogP contribution is 2.10. The van der Waals surface area contributed by atoms with E-state index in [2.05, 4.69) is 31.4 Å². The molecule has 0 heterocycles. The van der Waals surface area contributed by atoms with E-state index in [1.807, 2.05) is 0 Å². The highest BCUT2D eigenvalue weighted by atomic mass is 79.9. The predicted molar refractivity (Wildman–Crippen MR) is 81.7 cm³/mol. The maximum Gasteiger partial charge on any atom is 0.353 e. The number of ether oxygens (including phenoxy) is 1. The summed E-state index contributed by atoms with van der Waals surface area (Å²) < 4.78 is 19.0. The van der Waals surface area contributed by atoms with Gasteiger partial charge >= 0.3 is 5.97 Å². The van der Waals surface area contributed by atoms with Crippen LogP contribution in [0.15, 0.2) is 29.4 Å². The van der Waals surface area contributed by atoms with E-state index < -0.39 is 5.97 Å². The molecule has 0 aliphatic heterocycles. The summed E-state index contributed by atoms with van der Waals surface area (Å²) in [6.45, 7) is 1.84. The van der Waals surface area contributed by atoms with Crippen LogP contribution in [0.1, 0.15) is 12.5 Å². The van der Waals surface area contributed by atoms with Crippen LogP contribution in [0.25, 0.3) is 0 Å². The third-order valence-electron chi connectivity index (χ3n) is 2.23. The maximum atomic E-state index is 13.0. The van der Waals surface area contributed by atoms with Crippen LogP contribution in [0, 0.1) is 5.82 Å². The average molecular weight is 362 g/mol. The maximum absolute atomic E-state index is 13.0. The monoisotopic (exact) mass is 361 g/mol. The van der Waals surface area contributed by atoms with Gasteiger partial charge in [-0.05, 0) is 36.8 Å². The zero-order chi connectivity index (χ0) is 15.1. The van der Waals surface area contributed by atoms with E-state index in [4.69, 9.17) is 12.2 Å². The van der Waals surface area contributed by atoms with Crippen molar-refractivity contribution >= 4 is 45.2 Å². The third-order valence-corrected chi connectivity index (χ3v) is 3.38. The number of carbonyl (C=O) groups is 1. The SMILES string of the molecule is COC(=O)C(C)=NNC(=S)N(Br)Cc1cccc(F)c1. The Labute approximate surface area is 130 Å². The van der Waals surface area contributed by atoms with Gasteiger partial charge in [0.05, 0.1) is 29.8 Å². The third kappa shape index (κ3) is 5.22. The topological polar surface area (TPSA) is 53.9 Å². The highest BCUT2D eigenvalue weighted by molar-refractivity contribution is 9.07. The van der Waals surface area contributed by atoms with Gasteiger partial charge in [-0.1, -0.05) is 12.1 Å². The summed E-state index contributed by atoms with van der Waals surface area (Å²) in [6, 6.07) is 6.15. The van der Waals surface area contributed by atoms with Crippen molar-refractivity contribution in [3.05, 3.63) is 35.6 Å². The minimum absolute atomic E-state index is 0.140. The first kappa shape index (κ1) is 16.5. The average Bonchev–Trinajstić information content (AvgIpc) is 2.43. The molecular formula is C12H13BrFN3O2S. The number of hydrazone groups is 1. The summed E-state index contributed by atoms with van der Waals surface area (Å²) in [7, 11) is 1.26. The number of halogens is 2. The van der Waals surface area contributed by atoms with E-state index in [1.54, 1.807) is 12.1 Å². The molecule has 0 saturated heterocycles. The molecule has 0 aliphatic rings. The van der Waals surface area contributed by atoms with E-state index >= 15 is 0 Å². The summed E-state index contributed by atoms with van der Waals surface area (Å²) >= 11 is 8.30. The van der Waals surface area contributed by atoms with Crippen molar-refractivity contribution in [3.63, 3.8) is 0 Å². The van der Waals surface area contributed by atoms with Crippen molar-refractivity contribution < 1.29 is 13.9 Å². The number of esters is 1. The molecule has 1 aromatic rings. The lowest BCUT2D eigenvalue weighted by Gasteiger charge is -2.16. The number of hydrogen-bond donors (Lipinski definition) is 1. The second-order valence-corrected chi connectivity index (χ2v) is 5.00. The second kappa shape index (κ2) is 7.91. The quantitative estimate of drug-likeness (QED) is 0.293. The lowest BCUT2D eigenvalue weighted by atomic mass is 10.2. The summed E-state index contributed by atoms with van der Waals surface area (Å²) in [5.74, 6) is -0.867. The molecule has 8 heteroatoms. The minimum Gasteiger partial charge on any atom is -0.464 e. The first-order valence-electron chi connectivity index (χ1n) is 5.54. The Morgan fingerprint density at radius 3 is 2.90 bits per heavy atom. The fourth-order valence-corrected chi connectivity index (χ4v) is 1.73. The molecule has 0 spiro atoms. The van der Waals surface area contributed by atoms with Gasteiger partial charge in [0.2, 0.25) is 0 Å². The first-order valence-corrected chi connectivity index (χ1v) is 6.66. The second-order valence-electron chi connectivity index (χ2n) is 3.76. The molecule has 20 heavy (non-hydrogen) atoms. The van der Waals surface area contributed by atoms with Gasteiger partial charge in [-0.15, -0.1) is 0 Å². The predicted octanol–water partition coefficient (Wildman–Crippen LogP) is 2.36. The lowest BCUT2D eigenvalue weighted by molar-refractivity contribution is -0.132. The van der Waals surface area contributed by atoms with Crippen LogP contribution >= 0.6 is 28.4 Å². The van der Waals surface area contributed by atoms with Gasteiger partial charge in [0.25, 0.3) is 0 Å². The van der Waals surface area contributed by atoms with Gasteiger partial charge in [0.15, 0.2) is 5.11 Å². The van der Waals surface area contributed by atoms with Crippen LogP contribution in [0.2, 0.25) is 0 Å². The summed E-state index contributed by atoms with van der Waals surface area (Å²) in [4.78, 5) is 11.1. The molecule has 108 valence electrons. The van der Waals surface area contributed by atoms with E-state index in [0.29, 0.717) is 6.54 Å². The lowest BCUT2D eigenvalue weighted by Crippen LogP contribution is -2.31. The molecule has 0 radical (unpaired) electrons. The van der Waals surface area contributed by atoms with E-state index in [0.717, 1.165) is 5.56 Å². The standard InChI is InChI=1S/C12H13BrFN3O2S/c1-8(11(18)19-2)15-16-12(20)17(13)7-9-4-3-5-10(14)6-9/h3-6H,7H2,1-2H3,(H,16,20). The van der Waals surface area contributed by atoms with Gasteiger partial charge in [0.1, 0.15) is 11.5 Å². The molecule has 0 fully saturated rings. The molecule has 0 aromatic heterocycles. The number of benzene rings is 1. The highest BCUT2D eigenvalue weighted by Gasteiger charge is 2.09. The minimum atomic E-state index is -0.549. The number of hydrogen-bond acceptors (Lipinski definition) is 4. The van der Waals surface area contributed by atoms with Gasteiger partial charge in [-0.25, -0.2) is 9.18 Å². The van der Waals surface area contributed by atoms with Gasteiger partial charge < -0.3 is 4.74 Å². The van der Waals surface area contributed by atoms with Crippen molar-refractivity contribution in [1.29, 1.82) is 0 Å². The number of carbonyl (C=O) groups excluding carboxylic acids is 1. The number of rotatable bonds is 4. The fourth-order valence-electron chi connectivity index (χ4n) is 1.25. The summed E-state index contributed by atoms with van der Waals surface area (Å²) in [5.41, 5.74) is 3.41. The Hall–Kier alpha value is -1.54. The van der Waals surface area contributed by atoms with Crippen molar-refractivity contribution in [1.82, 2.24) is 9.35 Å². The van der Waals surface area contributed by atoms with Gasteiger partial charge in [-0.3, -0.25) is 9.35 Å². The van der Waals surface area contributed by atoms with Crippen LogP contribution in [0.3, 0.4) is 0 Å².